The van der Waals surface area contributed by atoms with Crippen LogP contribution >= 0.6 is 11.8 Å². The van der Waals surface area contributed by atoms with E-state index in [4.69, 9.17) is 4.74 Å². The maximum absolute atomic E-state index is 13.4. The topological polar surface area (TPSA) is 69.0 Å². The molecule has 32 heavy (non-hydrogen) atoms. The third kappa shape index (κ3) is 4.78. The molecule has 0 radical (unpaired) electrons. The van der Waals surface area contributed by atoms with Crippen LogP contribution in [0.3, 0.4) is 0 Å². The Hall–Kier alpha value is -3.72. The quantitative estimate of drug-likeness (QED) is 0.402. The van der Waals surface area contributed by atoms with E-state index in [1.165, 1.54) is 17.8 Å². The molecule has 1 aromatic heterocycles. The van der Waals surface area contributed by atoms with Crippen molar-refractivity contribution in [2.24, 2.45) is 0 Å². The molecule has 1 amide bonds. The molecule has 0 saturated carbocycles. The molecule has 9 heteroatoms. The van der Waals surface area contributed by atoms with E-state index >= 15 is 0 Å². The molecule has 0 aliphatic heterocycles. The van der Waals surface area contributed by atoms with Gasteiger partial charge in [-0.15, -0.1) is 10.2 Å². The van der Waals surface area contributed by atoms with Gasteiger partial charge in [0, 0.05) is 23.0 Å². The van der Waals surface area contributed by atoms with Gasteiger partial charge in [-0.05, 0) is 36.4 Å². The minimum atomic E-state index is -1.03. The molecule has 1 heterocycles. The number of carbonyl (C=O) groups excluding carboxylic acids is 1. The van der Waals surface area contributed by atoms with Crippen LogP contribution in [0.4, 0.5) is 14.5 Å². The number of anilines is 1. The van der Waals surface area contributed by atoms with E-state index in [-0.39, 0.29) is 17.3 Å². The van der Waals surface area contributed by atoms with Gasteiger partial charge in [0.2, 0.25) is 5.91 Å². The Morgan fingerprint density at radius 1 is 1.00 bits per heavy atom. The lowest BCUT2D eigenvalue weighted by molar-refractivity contribution is -0.113. The van der Waals surface area contributed by atoms with Crippen molar-refractivity contribution < 1.29 is 18.3 Å². The highest BCUT2D eigenvalue weighted by Crippen LogP contribution is 2.29. The van der Waals surface area contributed by atoms with Crippen molar-refractivity contribution in [1.29, 1.82) is 0 Å². The predicted molar refractivity (Wildman–Crippen MR) is 119 cm³/mol. The van der Waals surface area contributed by atoms with E-state index in [1.807, 2.05) is 59.2 Å². The summed E-state index contributed by atoms with van der Waals surface area (Å²) < 4.78 is 33.6. The summed E-state index contributed by atoms with van der Waals surface area (Å²) >= 11 is 1.18. The van der Waals surface area contributed by atoms with Gasteiger partial charge in [-0.1, -0.05) is 42.1 Å². The van der Waals surface area contributed by atoms with Crippen molar-refractivity contribution in [1.82, 2.24) is 14.8 Å². The number of amides is 1. The number of nitrogens with zero attached hydrogens (tertiary/aromatic N) is 3. The summed E-state index contributed by atoms with van der Waals surface area (Å²) in [7, 11) is 1.59. The molecule has 0 spiro atoms. The Morgan fingerprint density at radius 3 is 2.56 bits per heavy atom. The van der Waals surface area contributed by atoms with Crippen molar-refractivity contribution >= 4 is 23.4 Å². The van der Waals surface area contributed by atoms with E-state index in [1.54, 1.807) is 7.11 Å². The van der Waals surface area contributed by atoms with Gasteiger partial charge in [0.15, 0.2) is 22.6 Å². The largest absolute Gasteiger partial charge is 0.497 e. The number of hydrogen-bond donors (Lipinski definition) is 1. The van der Waals surface area contributed by atoms with Crippen LogP contribution < -0.4 is 10.1 Å². The summed E-state index contributed by atoms with van der Waals surface area (Å²) in [6.07, 6.45) is 0. The lowest BCUT2D eigenvalue weighted by atomic mass is 10.2. The first-order chi connectivity index (χ1) is 15.5. The number of halogens is 2. The third-order valence-corrected chi connectivity index (χ3v) is 5.44. The summed E-state index contributed by atoms with van der Waals surface area (Å²) in [4.78, 5) is 12.4. The van der Waals surface area contributed by atoms with Crippen LogP contribution in [0, 0.1) is 11.6 Å². The Morgan fingerprint density at radius 2 is 1.81 bits per heavy atom. The van der Waals surface area contributed by atoms with Gasteiger partial charge in [0.25, 0.3) is 0 Å². The number of nitrogens with one attached hydrogen (secondary N) is 1. The minimum Gasteiger partial charge on any atom is -0.497 e. The standard InChI is InChI=1S/C23H18F2N4O2S/c1-31-18-9-5-6-15(12-18)22-27-28-23(29(22)17-7-3-2-4-8-17)32-14-21(30)26-16-10-11-19(24)20(25)13-16/h2-13H,14H2,1H3,(H,26,30). The third-order valence-electron chi connectivity index (χ3n) is 4.51. The van der Waals surface area contributed by atoms with Crippen LogP contribution in [0.1, 0.15) is 0 Å². The van der Waals surface area contributed by atoms with Crippen LogP contribution in [0.25, 0.3) is 17.1 Å². The van der Waals surface area contributed by atoms with Crippen LogP contribution in [0.2, 0.25) is 0 Å². The first kappa shape index (κ1) is 21.5. The zero-order valence-electron chi connectivity index (χ0n) is 17.0. The summed E-state index contributed by atoms with van der Waals surface area (Å²) in [6.45, 7) is 0. The monoisotopic (exact) mass is 452 g/mol. The van der Waals surface area contributed by atoms with Crippen molar-refractivity contribution in [3.63, 3.8) is 0 Å². The van der Waals surface area contributed by atoms with Crippen LogP contribution in [0.5, 0.6) is 5.75 Å². The van der Waals surface area contributed by atoms with Gasteiger partial charge >= 0.3 is 0 Å². The fraction of sp³-hybridized carbons (Fsp3) is 0.0870. The number of aromatic nitrogens is 3. The molecule has 6 nitrogen and oxygen atoms in total. The Balaban J connectivity index is 1.59. The van der Waals surface area contributed by atoms with E-state index in [2.05, 4.69) is 15.5 Å². The molecule has 1 N–H and O–H groups in total. The highest BCUT2D eigenvalue weighted by atomic mass is 32.2. The average Bonchev–Trinajstić information content (AvgIpc) is 3.25. The first-order valence-electron chi connectivity index (χ1n) is 9.58. The molecule has 162 valence electrons. The van der Waals surface area contributed by atoms with E-state index < -0.39 is 11.6 Å². The molecule has 0 saturated heterocycles. The number of hydrogen-bond acceptors (Lipinski definition) is 5. The zero-order chi connectivity index (χ0) is 22.5. The zero-order valence-corrected chi connectivity index (χ0v) is 17.8. The first-order valence-corrected chi connectivity index (χ1v) is 10.6. The Bertz CT molecular complexity index is 1250. The van der Waals surface area contributed by atoms with Gasteiger partial charge in [-0.25, -0.2) is 8.78 Å². The maximum Gasteiger partial charge on any atom is 0.234 e. The normalized spacial score (nSPS) is 10.7. The number of para-hydroxylation sites is 1. The van der Waals surface area contributed by atoms with Crippen molar-refractivity contribution in [3.05, 3.63) is 84.4 Å². The number of rotatable bonds is 7. The summed E-state index contributed by atoms with van der Waals surface area (Å²) in [6, 6.07) is 20.2. The molecule has 4 aromatic rings. The fourth-order valence-corrected chi connectivity index (χ4v) is 3.78. The van der Waals surface area contributed by atoms with Crippen LogP contribution in [-0.4, -0.2) is 33.5 Å². The molecular formula is C23H18F2N4O2S. The molecule has 0 aliphatic rings. The van der Waals surface area contributed by atoms with E-state index in [0.717, 1.165) is 23.4 Å². The second-order valence-corrected chi connectivity index (χ2v) is 7.62. The van der Waals surface area contributed by atoms with Gasteiger partial charge in [-0.3, -0.25) is 9.36 Å². The second-order valence-electron chi connectivity index (χ2n) is 6.67. The fourth-order valence-electron chi connectivity index (χ4n) is 3.02. The molecular weight excluding hydrogens is 434 g/mol. The van der Waals surface area contributed by atoms with Gasteiger partial charge < -0.3 is 10.1 Å². The Labute approximate surface area is 187 Å². The van der Waals surface area contributed by atoms with Crippen molar-refractivity contribution in [3.8, 4) is 22.8 Å². The van der Waals surface area contributed by atoms with Crippen molar-refractivity contribution in [2.45, 2.75) is 5.16 Å². The Kier molecular flexibility index (Phi) is 6.46. The molecule has 0 fully saturated rings. The number of ether oxygens (including phenoxy) is 1. The smallest absolute Gasteiger partial charge is 0.234 e. The number of benzene rings is 3. The second kappa shape index (κ2) is 9.61. The number of methoxy groups -OCH3 is 1. The van der Waals surface area contributed by atoms with Crippen molar-refractivity contribution in [2.75, 3.05) is 18.2 Å². The lowest BCUT2D eigenvalue weighted by Gasteiger charge is -2.11. The SMILES string of the molecule is COc1cccc(-c2nnc(SCC(=O)Nc3ccc(F)c(F)c3)n2-c2ccccc2)c1. The lowest BCUT2D eigenvalue weighted by Crippen LogP contribution is -2.15. The average molecular weight is 452 g/mol. The van der Waals surface area contributed by atoms with Gasteiger partial charge in [-0.2, -0.15) is 0 Å². The van der Waals surface area contributed by atoms with E-state index in [0.29, 0.717) is 16.7 Å². The summed E-state index contributed by atoms with van der Waals surface area (Å²) in [5.74, 6) is -1.10. The number of thioether (sulfide) groups is 1. The molecule has 0 unspecified atom stereocenters. The summed E-state index contributed by atoms with van der Waals surface area (Å²) in [5, 5.41) is 11.7. The van der Waals surface area contributed by atoms with Crippen LogP contribution in [-0.2, 0) is 4.79 Å². The predicted octanol–water partition coefficient (Wildman–Crippen LogP) is 4.95. The van der Waals surface area contributed by atoms with E-state index in [9.17, 15) is 13.6 Å². The van der Waals surface area contributed by atoms with Crippen LogP contribution in [0.15, 0.2) is 78.0 Å². The molecule has 0 atom stereocenters. The molecule has 3 aromatic carbocycles. The van der Waals surface area contributed by atoms with Gasteiger partial charge in [0.1, 0.15) is 5.75 Å². The van der Waals surface area contributed by atoms with Gasteiger partial charge in [0.05, 0.1) is 12.9 Å². The minimum absolute atomic E-state index is 0.00206. The maximum atomic E-state index is 13.4. The molecule has 0 aliphatic carbocycles. The molecule has 4 rings (SSSR count). The molecule has 0 bridgehead atoms. The highest BCUT2D eigenvalue weighted by Gasteiger charge is 2.18. The highest BCUT2D eigenvalue weighted by molar-refractivity contribution is 7.99. The number of carbonyl (C=O) groups is 1. The summed E-state index contributed by atoms with van der Waals surface area (Å²) in [5.41, 5.74) is 1.81.